The van der Waals surface area contributed by atoms with E-state index in [4.69, 9.17) is 4.84 Å². The van der Waals surface area contributed by atoms with Gasteiger partial charge in [-0.1, -0.05) is 24.3 Å². The lowest BCUT2D eigenvalue weighted by Crippen LogP contribution is -2.36. The van der Waals surface area contributed by atoms with Crippen molar-refractivity contribution >= 4 is 51.0 Å². The number of hydroxylamine groups is 1. The number of aromatic nitrogens is 2. The molecule has 0 radical (unpaired) electrons. The molecule has 0 bridgehead atoms. The van der Waals surface area contributed by atoms with Gasteiger partial charge in [0, 0.05) is 19.2 Å². The molecule has 5 rings (SSSR count). The molecule has 1 N–H and O–H groups in total. The zero-order chi connectivity index (χ0) is 28.6. The lowest BCUT2D eigenvalue weighted by molar-refractivity contribution is -0.141. The molecule has 1 aliphatic rings. The van der Waals surface area contributed by atoms with Gasteiger partial charge in [0.2, 0.25) is 0 Å². The number of alkyl halides is 3. The second-order valence-corrected chi connectivity index (χ2v) is 10.4. The molecular weight excluding hydrogens is 571 g/mol. The molecule has 1 aliphatic heterocycles. The summed E-state index contributed by atoms with van der Waals surface area (Å²) in [5, 5.41) is 3.71. The van der Waals surface area contributed by atoms with Crippen LogP contribution in [0.1, 0.15) is 21.6 Å². The van der Waals surface area contributed by atoms with E-state index in [1.165, 1.54) is 30.1 Å². The molecule has 1 atom stereocenters. The number of hydrogen-bond acceptors (Lipinski definition) is 7. The Morgan fingerprint density at radius 2 is 1.88 bits per heavy atom. The predicted octanol–water partition coefficient (Wildman–Crippen LogP) is 4.94. The van der Waals surface area contributed by atoms with Crippen LogP contribution >= 0.6 is 11.3 Å². The van der Waals surface area contributed by atoms with Crippen molar-refractivity contribution in [2.75, 3.05) is 15.7 Å². The quantitative estimate of drug-likeness (QED) is 0.260. The van der Waals surface area contributed by atoms with Crippen molar-refractivity contribution in [2.24, 2.45) is 7.05 Å². The van der Waals surface area contributed by atoms with Gasteiger partial charge in [0.15, 0.2) is 5.69 Å². The first-order valence-electron chi connectivity index (χ1n) is 11.6. The number of benzene rings is 2. The van der Waals surface area contributed by atoms with Crippen LogP contribution in [0.3, 0.4) is 0 Å². The Kier molecular flexibility index (Phi) is 7.35. The maximum absolute atomic E-state index is 13.1. The number of rotatable bonds is 5. The number of hydrogen-bond donors (Lipinski definition) is 1. The summed E-state index contributed by atoms with van der Waals surface area (Å²) >= 11 is -1.86. The number of carbonyl (C=O) groups excluding carboxylic acids is 2. The van der Waals surface area contributed by atoms with Crippen molar-refractivity contribution in [3.8, 4) is 10.6 Å². The Morgan fingerprint density at radius 1 is 1.12 bits per heavy atom. The smallest absolute Gasteiger partial charge is 0.438 e. The Morgan fingerprint density at radius 3 is 2.55 bits per heavy atom. The van der Waals surface area contributed by atoms with Gasteiger partial charge in [0.1, 0.15) is 5.00 Å². The average Bonchev–Trinajstić information content (AvgIpc) is 3.65. The molecule has 0 saturated carbocycles. The average molecular weight is 591 g/mol. The number of nitrogens with one attached hydrogen (secondary N) is 1. The largest absolute Gasteiger partial charge is 0.755 e. The molecule has 40 heavy (non-hydrogen) atoms. The number of thiophene rings is 1. The number of anilines is 3. The highest BCUT2D eigenvalue weighted by molar-refractivity contribution is 7.81. The van der Waals surface area contributed by atoms with E-state index in [0.717, 1.165) is 32.0 Å². The topological polar surface area (TPSA) is 120 Å². The Hall–Kier alpha value is -4.21. The summed E-state index contributed by atoms with van der Waals surface area (Å²) in [5.41, 5.74) is 2.85. The molecule has 10 nitrogen and oxygen atoms in total. The summed E-state index contributed by atoms with van der Waals surface area (Å²) < 4.78 is 65.9. The van der Waals surface area contributed by atoms with E-state index in [2.05, 4.69) is 10.6 Å². The SMILES string of the molecule is Cn1nc(C(F)(F)F)cc1-c1ccc(N(c2ccc3c(c2)N(C(=O)ONC(=O)c2ccccc2)CC3)S(=O)[O-])s1. The van der Waals surface area contributed by atoms with Crippen LogP contribution in [-0.4, -0.2) is 37.1 Å². The van der Waals surface area contributed by atoms with E-state index >= 15 is 0 Å². The van der Waals surface area contributed by atoms with Crippen LogP contribution in [0.2, 0.25) is 0 Å². The zero-order valence-electron chi connectivity index (χ0n) is 20.5. The van der Waals surface area contributed by atoms with Crippen LogP contribution in [-0.2, 0) is 35.7 Å². The van der Waals surface area contributed by atoms with Crippen LogP contribution in [0.4, 0.5) is 34.3 Å². The molecule has 0 aliphatic carbocycles. The zero-order valence-corrected chi connectivity index (χ0v) is 22.2. The first-order valence-corrected chi connectivity index (χ1v) is 13.5. The minimum absolute atomic E-state index is 0.167. The Labute approximate surface area is 232 Å². The number of nitrogens with zero attached hydrogens (tertiary/aromatic N) is 4. The molecule has 0 fully saturated rings. The van der Waals surface area contributed by atoms with Gasteiger partial charge >= 0.3 is 12.3 Å². The van der Waals surface area contributed by atoms with Crippen molar-refractivity contribution in [3.05, 3.63) is 83.6 Å². The van der Waals surface area contributed by atoms with Gasteiger partial charge in [-0.3, -0.25) is 22.9 Å². The van der Waals surface area contributed by atoms with Crippen LogP contribution in [0.25, 0.3) is 10.6 Å². The minimum atomic E-state index is -4.62. The van der Waals surface area contributed by atoms with Gasteiger partial charge in [-0.15, -0.1) is 11.3 Å². The van der Waals surface area contributed by atoms with Crippen molar-refractivity contribution in [1.29, 1.82) is 0 Å². The van der Waals surface area contributed by atoms with Crippen LogP contribution in [0, 0.1) is 0 Å². The van der Waals surface area contributed by atoms with Crippen molar-refractivity contribution in [1.82, 2.24) is 15.3 Å². The summed E-state index contributed by atoms with van der Waals surface area (Å²) in [6.45, 7) is 0.241. The lowest BCUT2D eigenvalue weighted by Gasteiger charge is -2.26. The van der Waals surface area contributed by atoms with Gasteiger partial charge in [-0.25, -0.2) is 4.79 Å². The standard InChI is InChI=1S/C25H20F3N5O5S2/c1-31-19(14-21(29-31)25(26,27)28)20-9-10-22(39-20)33(40(36)37)17-8-7-15-11-12-32(18(15)13-17)24(35)38-30-23(34)16-5-3-2-4-6-16/h2-10,13-14H,11-12H2,1H3,(H,30,34)(H,36,37)/p-1. The fraction of sp³-hybridized carbons (Fsp3) is 0.160. The highest BCUT2D eigenvalue weighted by Crippen LogP contribution is 2.41. The third kappa shape index (κ3) is 5.43. The Balaban J connectivity index is 1.37. The van der Waals surface area contributed by atoms with Crippen LogP contribution in [0.5, 0.6) is 0 Å². The maximum atomic E-state index is 13.1. The molecule has 4 aromatic rings. The van der Waals surface area contributed by atoms with E-state index in [1.807, 2.05) is 0 Å². The maximum Gasteiger partial charge on any atom is 0.438 e. The molecular formula is C25H19F3N5O5S2-. The van der Waals surface area contributed by atoms with E-state index in [9.17, 15) is 31.5 Å². The van der Waals surface area contributed by atoms with Crippen molar-refractivity contribution < 1.29 is 36.4 Å². The summed E-state index contributed by atoms with van der Waals surface area (Å²) in [6.07, 6.45) is -5.01. The summed E-state index contributed by atoms with van der Waals surface area (Å²) in [5.74, 6) is -0.612. The number of amides is 2. The minimum Gasteiger partial charge on any atom is -0.755 e. The molecule has 208 valence electrons. The van der Waals surface area contributed by atoms with Crippen molar-refractivity contribution in [2.45, 2.75) is 12.6 Å². The molecule has 1 unspecified atom stereocenters. The number of fused-ring (bicyclic) bond motifs is 1. The van der Waals surface area contributed by atoms with Crippen LogP contribution < -0.4 is 14.7 Å². The van der Waals surface area contributed by atoms with Gasteiger partial charge in [-0.05, 0) is 54.4 Å². The van der Waals surface area contributed by atoms with E-state index in [-0.39, 0.29) is 22.9 Å². The molecule has 2 amide bonds. The molecule has 2 aromatic heterocycles. The second kappa shape index (κ2) is 10.7. The van der Waals surface area contributed by atoms with Crippen molar-refractivity contribution in [3.63, 3.8) is 0 Å². The molecule has 15 heteroatoms. The van der Waals surface area contributed by atoms with E-state index in [1.54, 1.807) is 42.5 Å². The fourth-order valence-corrected chi connectivity index (χ4v) is 5.94. The normalized spacial score (nSPS) is 13.6. The predicted molar refractivity (Wildman–Crippen MR) is 140 cm³/mol. The molecule has 0 spiro atoms. The summed E-state index contributed by atoms with van der Waals surface area (Å²) in [4.78, 5) is 31.6. The lowest BCUT2D eigenvalue weighted by atomic mass is 10.1. The fourth-order valence-electron chi connectivity index (χ4n) is 4.17. The van der Waals surface area contributed by atoms with Gasteiger partial charge in [0.05, 0.1) is 33.2 Å². The van der Waals surface area contributed by atoms with E-state index < -0.39 is 35.1 Å². The molecule has 3 heterocycles. The highest BCUT2D eigenvalue weighted by Gasteiger charge is 2.35. The first-order chi connectivity index (χ1) is 19.0. The number of aryl methyl sites for hydroxylation is 1. The number of carbonyl (C=O) groups is 2. The third-order valence-electron chi connectivity index (χ3n) is 6.05. The highest BCUT2D eigenvalue weighted by atomic mass is 32.2. The second-order valence-electron chi connectivity index (χ2n) is 8.57. The molecule has 2 aromatic carbocycles. The third-order valence-corrected chi connectivity index (χ3v) is 7.96. The van der Waals surface area contributed by atoms with E-state index in [0.29, 0.717) is 22.5 Å². The Bertz CT molecular complexity index is 1610. The van der Waals surface area contributed by atoms with Crippen LogP contribution in [0.15, 0.2) is 66.7 Å². The summed E-state index contributed by atoms with van der Waals surface area (Å²) in [6, 6.07) is 16.7. The van der Waals surface area contributed by atoms with Gasteiger partial charge < -0.3 is 9.39 Å². The number of halogens is 3. The van der Waals surface area contributed by atoms with Gasteiger partial charge in [-0.2, -0.15) is 23.8 Å². The summed E-state index contributed by atoms with van der Waals surface area (Å²) in [7, 11) is 1.37. The van der Waals surface area contributed by atoms with Gasteiger partial charge in [0.25, 0.3) is 5.91 Å². The molecule has 0 saturated heterocycles. The monoisotopic (exact) mass is 590 g/mol. The first kappa shape index (κ1) is 27.4.